The van der Waals surface area contributed by atoms with Gasteiger partial charge >= 0.3 is 5.97 Å². The normalized spacial score (nSPS) is 21.2. The van der Waals surface area contributed by atoms with E-state index < -0.39 is 11.6 Å². The van der Waals surface area contributed by atoms with Gasteiger partial charge in [0.05, 0.1) is 6.10 Å². The first-order valence-electron chi connectivity index (χ1n) is 12.1. The van der Waals surface area contributed by atoms with Crippen LogP contribution < -0.4 is 4.74 Å². The molecule has 1 aliphatic heterocycles. The van der Waals surface area contributed by atoms with Gasteiger partial charge in [0, 0.05) is 11.3 Å². The smallest absolute Gasteiger partial charge is 0.349 e. The van der Waals surface area contributed by atoms with Crippen LogP contribution in [0.3, 0.4) is 0 Å². The number of carbonyl (C=O) groups is 1. The summed E-state index contributed by atoms with van der Waals surface area (Å²) < 4.78 is 12.1. The third-order valence-corrected chi connectivity index (χ3v) is 7.92. The predicted molar refractivity (Wildman–Crippen MR) is 134 cm³/mol. The van der Waals surface area contributed by atoms with E-state index in [0.717, 1.165) is 48.3 Å². The lowest BCUT2D eigenvalue weighted by Gasteiger charge is -2.41. The maximum Gasteiger partial charge on any atom is 0.349 e. The molecule has 1 heterocycles. The number of phenolic OH excluding ortho intramolecular Hbond substituents is 1. The molecule has 1 fully saturated rings. The maximum atomic E-state index is 13.1. The molecule has 1 saturated carbocycles. The van der Waals surface area contributed by atoms with Crippen molar-refractivity contribution in [1.82, 2.24) is 0 Å². The summed E-state index contributed by atoms with van der Waals surface area (Å²) in [6.07, 6.45) is 6.20. The molecule has 0 radical (unpaired) electrons. The lowest BCUT2D eigenvalue weighted by atomic mass is 9.77. The van der Waals surface area contributed by atoms with Crippen LogP contribution in [0.1, 0.15) is 63.5 Å². The third kappa shape index (κ3) is 5.54. The zero-order valence-electron chi connectivity index (χ0n) is 20.2. The molecule has 0 spiro atoms. The predicted octanol–water partition coefficient (Wildman–Crippen LogP) is 6.86. The number of aromatic hydroxyl groups is 1. The molecule has 1 atom stereocenters. The Morgan fingerprint density at radius 2 is 1.82 bits per heavy atom. The number of aryl methyl sites for hydroxylation is 2. The molecular weight excluding hydrogens is 448 g/mol. The quantitative estimate of drug-likeness (QED) is 0.400. The lowest BCUT2D eigenvalue weighted by Crippen LogP contribution is -2.45. The minimum atomic E-state index is -0.683. The Kier molecular flexibility index (Phi) is 7.46. The summed E-state index contributed by atoms with van der Waals surface area (Å²) >= 11 is 1.19. The number of thioether (sulfide) groups is 1. The van der Waals surface area contributed by atoms with Gasteiger partial charge in [0.2, 0.25) is 0 Å². The standard InChI is InChI=1S/C28H34O5S/c1-18(2)32-25-13-8-20(16-19(25)3)14-15-28(21-6-4-5-7-21)17-24(30)26(27(31)33-28)34-23-11-9-22(29)10-12-23/h8-13,16,18,21,29-30H,4-7,14-15,17H2,1-3H3. The van der Waals surface area contributed by atoms with Crippen LogP contribution in [0, 0.1) is 12.8 Å². The fourth-order valence-corrected chi connectivity index (χ4v) is 5.94. The van der Waals surface area contributed by atoms with E-state index in [9.17, 15) is 15.0 Å². The number of benzene rings is 2. The summed E-state index contributed by atoms with van der Waals surface area (Å²) in [5, 5.41) is 20.5. The van der Waals surface area contributed by atoms with Crippen LogP contribution in [0.4, 0.5) is 0 Å². The van der Waals surface area contributed by atoms with Gasteiger partial charge in [-0.15, -0.1) is 0 Å². The Hall–Kier alpha value is -2.60. The first-order chi connectivity index (χ1) is 16.3. The van der Waals surface area contributed by atoms with Crippen LogP contribution in [-0.4, -0.2) is 27.9 Å². The molecule has 34 heavy (non-hydrogen) atoms. The van der Waals surface area contributed by atoms with Crippen molar-refractivity contribution < 1.29 is 24.5 Å². The third-order valence-electron chi connectivity index (χ3n) is 6.80. The van der Waals surface area contributed by atoms with Gasteiger partial charge in [-0.3, -0.25) is 0 Å². The van der Waals surface area contributed by atoms with Crippen molar-refractivity contribution in [3.63, 3.8) is 0 Å². The Morgan fingerprint density at radius 1 is 1.12 bits per heavy atom. The van der Waals surface area contributed by atoms with Crippen LogP contribution in [0.15, 0.2) is 58.0 Å². The number of esters is 1. The second-order valence-corrected chi connectivity index (χ2v) is 10.8. The van der Waals surface area contributed by atoms with Gasteiger partial charge in [0.1, 0.15) is 27.8 Å². The fourth-order valence-electron chi connectivity index (χ4n) is 5.11. The van der Waals surface area contributed by atoms with E-state index >= 15 is 0 Å². The fraction of sp³-hybridized carbons (Fsp3) is 0.464. The van der Waals surface area contributed by atoms with E-state index in [1.54, 1.807) is 24.3 Å². The second kappa shape index (κ2) is 10.3. The molecule has 0 aromatic heterocycles. The molecule has 2 aromatic carbocycles. The summed E-state index contributed by atoms with van der Waals surface area (Å²) in [7, 11) is 0. The number of carbonyl (C=O) groups excluding carboxylic acids is 1. The van der Waals surface area contributed by atoms with Crippen LogP contribution in [0.5, 0.6) is 11.5 Å². The van der Waals surface area contributed by atoms with Crippen LogP contribution in [-0.2, 0) is 16.0 Å². The number of aliphatic hydroxyl groups is 1. The monoisotopic (exact) mass is 482 g/mol. The van der Waals surface area contributed by atoms with Gasteiger partial charge < -0.3 is 19.7 Å². The first-order valence-corrected chi connectivity index (χ1v) is 13.0. The van der Waals surface area contributed by atoms with Crippen molar-refractivity contribution in [2.75, 3.05) is 0 Å². The van der Waals surface area contributed by atoms with Gasteiger partial charge in [-0.2, -0.15) is 0 Å². The van der Waals surface area contributed by atoms with E-state index in [0.29, 0.717) is 12.8 Å². The van der Waals surface area contributed by atoms with E-state index in [1.165, 1.54) is 17.3 Å². The van der Waals surface area contributed by atoms with Gasteiger partial charge in [-0.25, -0.2) is 4.79 Å². The first kappa shape index (κ1) is 24.5. The minimum Gasteiger partial charge on any atom is -0.511 e. The van der Waals surface area contributed by atoms with Gasteiger partial charge in [-0.1, -0.05) is 36.7 Å². The van der Waals surface area contributed by atoms with Crippen molar-refractivity contribution in [3.05, 3.63) is 64.3 Å². The van der Waals surface area contributed by atoms with Crippen molar-refractivity contribution >= 4 is 17.7 Å². The number of hydrogen-bond donors (Lipinski definition) is 2. The van der Waals surface area contributed by atoms with Crippen molar-refractivity contribution in [2.45, 2.75) is 82.3 Å². The molecule has 2 aliphatic rings. The average molecular weight is 483 g/mol. The lowest BCUT2D eigenvalue weighted by molar-refractivity contribution is -0.166. The number of hydrogen-bond acceptors (Lipinski definition) is 6. The Bertz CT molecular complexity index is 1050. The topological polar surface area (TPSA) is 76.0 Å². The molecular formula is C28H34O5S. The Morgan fingerprint density at radius 3 is 2.44 bits per heavy atom. The minimum absolute atomic E-state index is 0.109. The number of aliphatic hydroxyl groups excluding tert-OH is 1. The highest BCUT2D eigenvalue weighted by Gasteiger charge is 2.48. The highest BCUT2D eigenvalue weighted by Crippen LogP contribution is 2.48. The SMILES string of the molecule is Cc1cc(CCC2(C3CCCC3)CC(O)=C(Sc3ccc(O)cc3)C(=O)O2)ccc1OC(C)C. The second-order valence-electron chi connectivity index (χ2n) is 9.75. The summed E-state index contributed by atoms with van der Waals surface area (Å²) in [6, 6.07) is 12.8. The number of cyclic esters (lactones) is 1. The number of rotatable bonds is 8. The van der Waals surface area contributed by atoms with Gasteiger partial charge in [-0.05, 0) is 93.8 Å². The molecule has 4 rings (SSSR count). The number of ether oxygens (including phenoxy) is 2. The molecule has 0 amide bonds. The van der Waals surface area contributed by atoms with Crippen LogP contribution >= 0.6 is 11.8 Å². The summed E-state index contributed by atoms with van der Waals surface area (Å²) in [5.41, 5.74) is 1.59. The van der Waals surface area contributed by atoms with E-state index in [-0.39, 0.29) is 28.4 Å². The van der Waals surface area contributed by atoms with Crippen molar-refractivity contribution in [1.29, 1.82) is 0 Å². The largest absolute Gasteiger partial charge is 0.511 e. The molecule has 2 N–H and O–H groups in total. The maximum absolute atomic E-state index is 13.1. The molecule has 1 aliphatic carbocycles. The summed E-state index contributed by atoms with van der Waals surface area (Å²) in [5.74, 6) is 0.963. The molecule has 1 unspecified atom stereocenters. The van der Waals surface area contributed by atoms with E-state index in [2.05, 4.69) is 19.1 Å². The molecule has 0 bridgehead atoms. The van der Waals surface area contributed by atoms with Crippen molar-refractivity contribution in [2.24, 2.45) is 5.92 Å². The molecule has 5 nitrogen and oxygen atoms in total. The van der Waals surface area contributed by atoms with Gasteiger partial charge in [0.25, 0.3) is 0 Å². The van der Waals surface area contributed by atoms with Crippen LogP contribution in [0.25, 0.3) is 0 Å². The Balaban J connectivity index is 1.54. The zero-order valence-corrected chi connectivity index (χ0v) is 21.0. The average Bonchev–Trinajstić information content (AvgIpc) is 3.33. The highest BCUT2D eigenvalue weighted by atomic mass is 32.2. The van der Waals surface area contributed by atoms with E-state index in [4.69, 9.17) is 9.47 Å². The number of phenols is 1. The summed E-state index contributed by atoms with van der Waals surface area (Å²) in [6.45, 7) is 6.09. The molecule has 2 aromatic rings. The molecule has 6 heteroatoms. The molecule has 0 saturated heterocycles. The Labute approximate surface area is 206 Å². The van der Waals surface area contributed by atoms with Crippen molar-refractivity contribution in [3.8, 4) is 11.5 Å². The molecule has 182 valence electrons. The summed E-state index contributed by atoms with van der Waals surface area (Å²) in [4.78, 5) is 14.1. The van der Waals surface area contributed by atoms with E-state index in [1.807, 2.05) is 19.9 Å². The van der Waals surface area contributed by atoms with Gasteiger partial charge in [0.15, 0.2) is 0 Å². The highest BCUT2D eigenvalue weighted by molar-refractivity contribution is 8.04. The zero-order chi connectivity index (χ0) is 24.3. The van der Waals surface area contributed by atoms with Crippen LogP contribution in [0.2, 0.25) is 0 Å².